The lowest BCUT2D eigenvalue weighted by molar-refractivity contribution is 0.260. The van der Waals surface area contributed by atoms with Gasteiger partial charge in [0, 0.05) is 29.9 Å². The van der Waals surface area contributed by atoms with Gasteiger partial charge in [-0.2, -0.15) is 0 Å². The van der Waals surface area contributed by atoms with E-state index in [1.165, 1.54) is 24.8 Å². The minimum Gasteiger partial charge on any atom is -0.368 e. The van der Waals surface area contributed by atoms with E-state index in [-0.39, 0.29) is 11.2 Å². The molecule has 1 aliphatic rings. The molecule has 0 aliphatic heterocycles. The Morgan fingerprint density at radius 1 is 1.12 bits per heavy atom. The molecule has 2 N–H and O–H groups in total. The highest BCUT2D eigenvalue weighted by Gasteiger charge is 2.38. The second kappa shape index (κ2) is 6.67. The zero-order valence-corrected chi connectivity index (χ0v) is 14.1. The normalized spacial score (nSPS) is 15.3. The molecule has 2 aromatic heterocycles. The maximum Gasteiger partial charge on any atom is 0.344 e. The van der Waals surface area contributed by atoms with Gasteiger partial charge < -0.3 is 10.3 Å². The van der Waals surface area contributed by atoms with Gasteiger partial charge in [-0.25, -0.2) is 14.2 Å². The van der Waals surface area contributed by atoms with E-state index < -0.39 is 5.69 Å². The highest BCUT2D eigenvalue weighted by Crippen LogP contribution is 2.43. The minimum absolute atomic E-state index is 0.0247. The Morgan fingerprint density at radius 3 is 2.50 bits per heavy atom. The average molecular weight is 351 g/mol. The summed E-state index contributed by atoms with van der Waals surface area (Å²) >= 11 is 0. The van der Waals surface area contributed by atoms with Gasteiger partial charge in [-0.3, -0.25) is 0 Å². The molecule has 0 bridgehead atoms. The van der Waals surface area contributed by atoms with E-state index in [4.69, 9.17) is 0 Å². The van der Waals surface area contributed by atoms with Crippen LogP contribution in [0, 0.1) is 5.82 Å². The molecular weight excluding hydrogens is 333 g/mol. The summed E-state index contributed by atoms with van der Waals surface area (Å²) in [5.41, 5.74) is 2.12. The third kappa shape index (κ3) is 3.20. The monoisotopic (exact) mass is 351 g/mol. The van der Waals surface area contributed by atoms with Crippen LogP contribution in [0.15, 0.2) is 53.6 Å². The lowest BCUT2D eigenvalue weighted by Gasteiger charge is -2.42. The van der Waals surface area contributed by atoms with Gasteiger partial charge in [-0.15, -0.1) is 10.2 Å². The summed E-state index contributed by atoms with van der Waals surface area (Å²) in [6.45, 7) is 0.729. The lowest BCUT2D eigenvalue weighted by atomic mass is 9.64. The van der Waals surface area contributed by atoms with Gasteiger partial charge in [0.05, 0.1) is 5.69 Å². The van der Waals surface area contributed by atoms with Crippen molar-refractivity contribution in [1.29, 1.82) is 0 Å². The number of nitrogens with one attached hydrogen (secondary N) is 2. The third-order valence-corrected chi connectivity index (χ3v) is 5.01. The number of hydrogen-bond acceptors (Lipinski definition) is 5. The van der Waals surface area contributed by atoms with Crippen LogP contribution >= 0.6 is 0 Å². The molecule has 1 fully saturated rings. The van der Waals surface area contributed by atoms with Crippen molar-refractivity contribution < 1.29 is 4.39 Å². The Morgan fingerprint density at radius 2 is 1.92 bits per heavy atom. The van der Waals surface area contributed by atoms with Crippen molar-refractivity contribution in [3.05, 3.63) is 70.7 Å². The van der Waals surface area contributed by atoms with Crippen LogP contribution in [0.1, 0.15) is 24.8 Å². The van der Waals surface area contributed by atoms with Crippen molar-refractivity contribution in [2.45, 2.75) is 24.7 Å². The van der Waals surface area contributed by atoms with Gasteiger partial charge >= 0.3 is 5.69 Å². The predicted octanol–water partition coefficient (Wildman–Crippen LogP) is 2.90. The highest BCUT2D eigenvalue weighted by atomic mass is 19.1. The largest absolute Gasteiger partial charge is 0.368 e. The average Bonchev–Trinajstić information content (AvgIpc) is 2.63. The van der Waals surface area contributed by atoms with E-state index in [0.29, 0.717) is 17.1 Å². The zero-order chi connectivity index (χ0) is 18.0. The molecule has 1 aliphatic carbocycles. The summed E-state index contributed by atoms with van der Waals surface area (Å²) in [7, 11) is 0. The van der Waals surface area contributed by atoms with Gasteiger partial charge in [-0.1, -0.05) is 18.6 Å². The molecule has 3 aromatic rings. The number of benzene rings is 1. The molecule has 7 heteroatoms. The molecule has 26 heavy (non-hydrogen) atoms. The third-order valence-electron chi connectivity index (χ3n) is 5.01. The quantitative estimate of drug-likeness (QED) is 0.738. The molecule has 2 heterocycles. The number of rotatable bonds is 5. The maximum absolute atomic E-state index is 13.2. The lowest BCUT2D eigenvalue weighted by Crippen LogP contribution is -2.41. The topological polar surface area (TPSA) is 83.6 Å². The van der Waals surface area contributed by atoms with Crippen LogP contribution in [-0.4, -0.2) is 26.7 Å². The first-order valence-electron chi connectivity index (χ1n) is 8.53. The minimum atomic E-state index is -0.397. The number of halogens is 1. The van der Waals surface area contributed by atoms with Crippen LogP contribution in [0.2, 0.25) is 0 Å². The van der Waals surface area contributed by atoms with E-state index in [1.54, 1.807) is 6.20 Å². The fourth-order valence-electron chi connectivity index (χ4n) is 3.30. The number of anilines is 1. The first-order chi connectivity index (χ1) is 12.6. The van der Waals surface area contributed by atoms with Crippen LogP contribution in [0.25, 0.3) is 11.3 Å². The summed E-state index contributed by atoms with van der Waals surface area (Å²) in [4.78, 5) is 17.2. The molecule has 0 atom stereocenters. The van der Waals surface area contributed by atoms with Crippen molar-refractivity contribution in [3.8, 4) is 11.3 Å². The fourth-order valence-corrected chi connectivity index (χ4v) is 3.30. The molecule has 1 aromatic carbocycles. The zero-order valence-electron chi connectivity index (χ0n) is 14.1. The molecule has 0 unspecified atom stereocenters. The SMILES string of the molecule is O=c1ncc(-c2ccc(NCC3(c4ccc(F)cc4)CCC3)nn2)c[nH]1. The van der Waals surface area contributed by atoms with Gasteiger partial charge in [0.15, 0.2) is 0 Å². The van der Waals surface area contributed by atoms with Crippen molar-refractivity contribution in [3.63, 3.8) is 0 Å². The predicted molar refractivity (Wildman–Crippen MR) is 96.3 cm³/mol. The molecule has 1 saturated carbocycles. The highest BCUT2D eigenvalue weighted by molar-refractivity contribution is 5.57. The number of aromatic amines is 1. The van der Waals surface area contributed by atoms with Crippen molar-refractivity contribution in [1.82, 2.24) is 20.2 Å². The van der Waals surface area contributed by atoms with Gasteiger partial charge in [0.2, 0.25) is 0 Å². The van der Waals surface area contributed by atoms with Crippen molar-refractivity contribution in [2.24, 2.45) is 0 Å². The summed E-state index contributed by atoms with van der Waals surface area (Å²) in [5.74, 6) is 0.467. The Kier molecular flexibility index (Phi) is 4.20. The molecular formula is C19H18FN5O. The van der Waals surface area contributed by atoms with Crippen LogP contribution in [-0.2, 0) is 5.41 Å². The molecule has 6 nitrogen and oxygen atoms in total. The number of hydrogen-bond donors (Lipinski definition) is 2. The van der Waals surface area contributed by atoms with Gasteiger partial charge in [0.25, 0.3) is 0 Å². The number of H-pyrrole nitrogens is 1. The second-order valence-electron chi connectivity index (χ2n) is 6.61. The summed E-state index contributed by atoms with van der Waals surface area (Å²) in [6.07, 6.45) is 6.33. The van der Waals surface area contributed by atoms with Crippen LogP contribution in [0.4, 0.5) is 10.2 Å². The Balaban J connectivity index is 1.46. The summed E-state index contributed by atoms with van der Waals surface area (Å²) in [5, 5.41) is 11.7. The maximum atomic E-state index is 13.2. The van der Waals surface area contributed by atoms with Crippen molar-refractivity contribution in [2.75, 3.05) is 11.9 Å². The Bertz CT molecular complexity index is 928. The van der Waals surface area contributed by atoms with E-state index in [0.717, 1.165) is 24.9 Å². The van der Waals surface area contributed by atoms with Crippen LogP contribution < -0.4 is 11.0 Å². The van der Waals surface area contributed by atoms with Gasteiger partial charge in [-0.05, 0) is 42.7 Å². The fraction of sp³-hybridized carbons (Fsp3) is 0.263. The van der Waals surface area contributed by atoms with Gasteiger partial charge in [0.1, 0.15) is 11.6 Å². The van der Waals surface area contributed by atoms with E-state index in [2.05, 4.69) is 25.5 Å². The molecule has 4 rings (SSSR count). The smallest absolute Gasteiger partial charge is 0.344 e. The molecule has 0 amide bonds. The number of nitrogens with zero attached hydrogens (tertiary/aromatic N) is 3. The summed E-state index contributed by atoms with van der Waals surface area (Å²) < 4.78 is 13.2. The number of aromatic nitrogens is 4. The molecule has 0 radical (unpaired) electrons. The molecule has 0 spiro atoms. The first-order valence-corrected chi connectivity index (χ1v) is 8.53. The first kappa shape index (κ1) is 16.4. The molecule has 0 saturated heterocycles. The Labute approximate surface area is 149 Å². The van der Waals surface area contributed by atoms with Crippen molar-refractivity contribution >= 4 is 5.82 Å². The summed E-state index contributed by atoms with van der Waals surface area (Å²) in [6, 6.07) is 10.5. The van der Waals surface area contributed by atoms with E-state index in [1.807, 2.05) is 24.3 Å². The van der Waals surface area contributed by atoms with Crippen LogP contribution in [0.5, 0.6) is 0 Å². The van der Waals surface area contributed by atoms with Crippen LogP contribution in [0.3, 0.4) is 0 Å². The second-order valence-corrected chi connectivity index (χ2v) is 6.61. The van der Waals surface area contributed by atoms with E-state index in [9.17, 15) is 9.18 Å². The standard InChI is InChI=1S/C19H18FN5O/c20-15-4-2-14(3-5-15)19(8-1-9-19)12-23-17-7-6-16(24-25-17)13-10-21-18(26)22-11-13/h2-7,10-11H,1,8-9,12H2,(H,23,25)(H,21,22,26). The Hall–Kier alpha value is -3.09. The molecule has 132 valence electrons. The van der Waals surface area contributed by atoms with E-state index >= 15 is 0 Å².